The van der Waals surface area contributed by atoms with Crippen LogP contribution in [-0.4, -0.2) is 26.9 Å². The molecule has 26 heavy (non-hydrogen) atoms. The molecule has 2 aromatic carbocycles. The summed E-state index contributed by atoms with van der Waals surface area (Å²) in [5.41, 5.74) is 1.94. The fourth-order valence-electron chi connectivity index (χ4n) is 2.61. The van der Waals surface area contributed by atoms with E-state index in [-0.39, 0.29) is 16.8 Å². The van der Waals surface area contributed by atoms with Crippen molar-refractivity contribution in [2.24, 2.45) is 0 Å². The summed E-state index contributed by atoms with van der Waals surface area (Å²) in [4.78, 5) is 12.4. The normalized spacial score (nSPS) is 12.5. The second kappa shape index (κ2) is 8.36. The molecule has 0 aliphatic carbocycles. The van der Waals surface area contributed by atoms with E-state index in [1.165, 1.54) is 16.4 Å². The molecule has 2 rings (SSSR count). The summed E-state index contributed by atoms with van der Waals surface area (Å²) in [5, 5.41) is 2.86. The van der Waals surface area contributed by atoms with Crippen molar-refractivity contribution in [3.8, 4) is 0 Å². The lowest BCUT2D eigenvalue weighted by Crippen LogP contribution is -2.33. The first-order valence-corrected chi connectivity index (χ1v) is 10.2. The summed E-state index contributed by atoms with van der Waals surface area (Å²) in [7, 11) is -3.76. The average Bonchev–Trinajstić information content (AvgIpc) is 2.62. The van der Waals surface area contributed by atoms with E-state index >= 15 is 0 Å². The van der Waals surface area contributed by atoms with E-state index in [9.17, 15) is 13.2 Å². The minimum atomic E-state index is -3.76. The Labute approximate surface area is 156 Å². The molecule has 0 bridgehead atoms. The van der Waals surface area contributed by atoms with Gasteiger partial charge in [-0.25, -0.2) is 8.42 Å². The lowest BCUT2D eigenvalue weighted by atomic mass is 10.2. The van der Waals surface area contributed by atoms with Gasteiger partial charge in [-0.05, 0) is 63.1 Å². The number of rotatable bonds is 7. The Morgan fingerprint density at radius 3 is 2.42 bits per heavy atom. The van der Waals surface area contributed by atoms with Crippen LogP contribution in [0.1, 0.15) is 43.1 Å². The number of amides is 1. The predicted octanol–water partition coefficient (Wildman–Crippen LogP) is 3.74. The fraction of sp³-hybridized carbons (Fsp3) is 0.350. The zero-order valence-electron chi connectivity index (χ0n) is 15.7. The quantitative estimate of drug-likeness (QED) is 0.803. The SMILES string of the molecule is CCC(C)NC(=O)c1cccc(S(=O)(=O)N(CC)c2cccc(C)c2)c1. The molecule has 0 saturated carbocycles. The summed E-state index contributed by atoms with van der Waals surface area (Å²) >= 11 is 0. The Hall–Kier alpha value is -2.34. The number of carbonyl (C=O) groups excluding carboxylic acids is 1. The smallest absolute Gasteiger partial charge is 0.264 e. The monoisotopic (exact) mass is 374 g/mol. The fourth-order valence-corrected chi connectivity index (χ4v) is 4.12. The number of hydrogen-bond acceptors (Lipinski definition) is 3. The molecule has 0 spiro atoms. The minimum Gasteiger partial charge on any atom is -0.350 e. The van der Waals surface area contributed by atoms with Crippen molar-refractivity contribution in [3.05, 3.63) is 59.7 Å². The van der Waals surface area contributed by atoms with Crippen LogP contribution >= 0.6 is 0 Å². The molecule has 0 aliphatic rings. The molecular formula is C20H26N2O3S. The maximum absolute atomic E-state index is 13.1. The molecule has 0 fully saturated rings. The zero-order chi connectivity index (χ0) is 19.3. The third-order valence-corrected chi connectivity index (χ3v) is 6.15. The number of hydrogen-bond donors (Lipinski definition) is 1. The van der Waals surface area contributed by atoms with Gasteiger partial charge in [0.05, 0.1) is 10.6 Å². The molecule has 1 N–H and O–H groups in total. The molecule has 1 amide bonds. The Bertz CT molecular complexity index is 878. The van der Waals surface area contributed by atoms with E-state index in [2.05, 4.69) is 5.32 Å². The van der Waals surface area contributed by atoms with Crippen molar-refractivity contribution in [3.63, 3.8) is 0 Å². The second-order valence-corrected chi connectivity index (χ2v) is 8.18. The van der Waals surface area contributed by atoms with Crippen LogP contribution in [0.25, 0.3) is 0 Å². The van der Waals surface area contributed by atoms with Gasteiger partial charge in [0, 0.05) is 18.2 Å². The van der Waals surface area contributed by atoms with Gasteiger partial charge in [-0.15, -0.1) is 0 Å². The van der Waals surface area contributed by atoms with Crippen molar-refractivity contribution in [1.82, 2.24) is 5.32 Å². The Kier molecular flexibility index (Phi) is 6.42. The van der Waals surface area contributed by atoms with Gasteiger partial charge in [0.1, 0.15) is 0 Å². The van der Waals surface area contributed by atoms with Crippen LogP contribution in [0, 0.1) is 6.92 Å². The standard InChI is InChI=1S/C20H26N2O3S/c1-5-16(4)21-20(23)17-10-8-12-19(14-17)26(24,25)22(6-2)18-11-7-9-15(3)13-18/h7-14,16H,5-6H2,1-4H3,(H,21,23). The Balaban J connectivity index is 2.39. The van der Waals surface area contributed by atoms with Crippen molar-refractivity contribution in [2.45, 2.75) is 45.1 Å². The Morgan fingerprint density at radius 1 is 1.12 bits per heavy atom. The summed E-state index contributed by atoms with van der Waals surface area (Å²) in [6.07, 6.45) is 0.806. The molecule has 1 atom stereocenters. The molecule has 2 aromatic rings. The number of benzene rings is 2. The molecule has 6 heteroatoms. The molecule has 0 radical (unpaired) electrons. The predicted molar refractivity (Wildman–Crippen MR) is 105 cm³/mol. The summed E-state index contributed by atoms with van der Waals surface area (Å²) in [5.74, 6) is -0.269. The van der Waals surface area contributed by atoms with Crippen LogP contribution < -0.4 is 9.62 Å². The zero-order valence-corrected chi connectivity index (χ0v) is 16.5. The van der Waals surface area contributed by atoms with Gasteiger partial charge in [0.2, 0.25) is 0 Å². The van der Waals surface area contributed by atoms with Crippen LogP contribution in [0.4, 0.5) is 5.69 Å². The van der Waals surface area contributed by atoms with Gasteiger partial charge >= 0.3 is 0 Å². The van der Waals surface area contributed by atoms with Crippen LogP contribution in [0.3, 0.4) is 0 Å². The number of nitrogens with one attached hydrogen (secondary N) is 1. The van der Waals surface area contributed by atoms with Crippen molar-refractivity contribution < 1.29 is 13.2 Å². The van der Waals surface area contributed by atoms with Crippen molar-refractivity contribution >= 4 is 21.6 Å². The second-order valence-electron chi connectivity index (χ2n) is 6.32. The van der Waals surface area contributed by atoms with Crippen LogP contribution in [0.15, 0.2) is 53.4 Å². The molecule has 5 nitrogen and oxygen atoms in total. The highest BCUT2D eigenvalue weighted by Crippen LogP contribution is 2.24. The molecule has 0 heterocycles. The van der Waals surface area contributed by atoms with Gasteiger partial charge in [0.25, 0.3) is 15.9 Å². The maximum Gasteiger partial charge on any atom is 0.264 e. The highest BCUT2D eigenvalue weighted by Gasteiger charge is 2.24. The van der Waals surface area contributed by atoms with Crippen LogP contribution in [-0.2, 0) is 10.0 Å². The first kappa shape index (κ1) is 20.0. The van der Waals surface area contributed by atoms with E-state index in [0.717, 1.165) is 12.0 Å². The van der Waals surface area contributed by atoms with E-state index in [0.29, 0.717) is 17.8 Å². The van der Waals surface area contributed by atoms with Gasteiger partial charge in [-0.1, -0.05) is 25.1 Å². The summed E-state index contributed by atoms with van der Waals surface area (Å²) < 4.78 is 27.6. The molecule has 140 valence electrons. The number of aryl methyl sites for hydroxylation is 1. The molecular weight excluding hydrogens is 348 g/mol. The highest BCUT2D eigenvalue weighted by molar-refractivity contribution is 7.92. The summed E-state index contributed by atoms with van der Waals surface area (Å²) in [6.45, 7) is 7.90. The molecule has 0 saturated heterocycles. The average molecular weight is 375 g/mol. The van der Waals surface area contributed by atoms with Crippen molar-refractivity contribution in [1.29, 1.82) is 0 Å². The van der Waals surface area contributed by atoms with Gasteiger partial charge in [0.15, 0.2) is 0 Å². The number of anilines is 1. The van der Waals surface area contributed by atoms with Gasteiger partial charge < -0.3 is 5.32 Å². The lowest BCUT2D eigenvalue weighted by molar-refractivity contribution is 0.0939. The van der Waals surface area contributed by atoms with Gasteiger partial charge in [-0.3, -0.25) is 9.10 Å². The number of sulfonamides is 1. The van der Waals surface area contributed by atoms with Crippen LogP contribution in [0.2, 0.25) is 0 Å². The number of nitrogens with zero attached hydrogens (tertiary/aromatic N) is 1. The van der Waals surface area contributed by atoms with E-state index in [1.807, 2.05) is 39.0 Å². The minimum absolute atomic E-state index is 0.0298. The van der Waals surface area contributed by atoms with E-state index in [1.54, 1.807) is 25.1 Å². The van der Waals surface area contributed by atoms with Crippen LogP contribution in [0.5, 0.6) is 0 Å². The third-order valence-electron chi connectivity index (χ3n) is 4.25. The third kappa shape index (κ3) is 4.43. The maximum atomic E-state index is 13.1. The topological polar surface area (TPSA) is 66.5 Å². The number of carbonyl (C=O) groups is 1. The Morgan fingerprint density at radius 2 is 1.81 bits per heavy atom. The first-order chi connectivity index (χ1) is 12.3. The lowest BCUT2D eigenvalue weighted by Gasteiger charge is -2.23. The van der Waals surface area contributed by atoms with Crippen molar-refractivity contribution in [2.75, 3.05) is 10.8 Å². The van der Waals surface area contributed by atoms with E-state index in [4.69, 9.17) is 0 Å². The molecule has 1 unspecified atom stereocenters. The van der Waals surface area contributed by atoms with E-state index < -0.39 is 10.0 Å². The molecule has 0 aliphatic heterocycles. The first-order valence-electron chi connectivity index (χ1n) is 8.80. The molecule has 0 aromatic heterocycles. The summed E-state index contributed by atoms with van der Waals surface area (Å²) in [6, 6.07) is 13.6. The highest BCUT2D eigenvalue weighted by atomic mass is 32.2. The largest absolute Gasteiger partial charge is 0.350 e. The van der Waals surface area contributed by atoms with Gasteiger partial charge in [-0.2, -0.15) is 0 Å².